The van der Waals surface area contributed by atoms with Crippen LogP contribution in [0.1, 0.15) is 46.1 Å². The monoisotopic (exact) mass is 324 g/mol. The van der Waals surface area contributed by atoms with Crippen LogP contribution in [0.5, 0.6) is 0 Å². The average molecular weight is 324 g/mol. The second-order valence-corrected chi connectivity index (χ2v) is 9.22. The molecule has 0 aromatic heterocycles. The Kier molecular flexibility index (Phi) is 5.00. The van der Waals surface area contributed by atoms with E-state index in [1.807, 2.05) is 12.1 Å². The predicted molar refractivity (Wildman–Crippen MR) is 90.6 cm³/mol. The Labute approximate surface area is 135 Å². The Morgan fingerprint density at radius 2 is 1.45 bits per heavy atom. The van der Waals surface area contributed by atoms with E-state index in [0.29, 0.717) is 23.9 Å². The molecule has 1 aromatic rings. The number of nitrogens with zero attached hydrogens (tertiary/aromatic N) is 2. The minimum absolute atomic E-state index is 0.0920. The summed E-state index contributed by atoms with van der Waals surface area (Å²) >= 11 is 0. The largest absolute Gasteiger partial charge is 0.296 e. The summed E-state index contributed by atoms with van der Waals surface area (Å²) in [5.74, 6) is 0.409. The lowest BCUT2D eigenvalue weighted by atomic mass is 10.0. The lowest BCUT2D eigenvalue weighted by molar-refractivity contribution is 0.0922. The first-order valence-electron chi connectivity index (χ1n) is 7.97. The Morgan fingerprint density at radius 3 is 1.86 bits per heavy atom. The maximum absolute atomic E-state index is 12.7. The molecule has 4 nitrogen and oxygen atoms in total. The van der Waals surface area contributed by atoms with Gasteiger partial charge in [-0.25, -0.2) is 8.42 Å². The van der Waals surface area contributed by atoms with Gasteiger partial charge >= 0.3 is 0 Å². The van der Waals surface area contributed by atoms with Crippen LogP contribution in [0.2, 0.25) is 0 Å². The maximum Gasteiger partial charge on any atom is 0.243 e. The topological polar surface area (TPSA) is 40.6 Å². The van der Waals surface area contributed by atoms with Gasteiger partial charge in [-0.15, -0.1) is 0 Å². The molecule has 22 heavy (non-hydrogen) atoms. The molecular formula is C17H28N2O2S. The first-order valence-corrected chi connectivity index (χ1v) is 9.41. The number of piperazine rings is 1. The first kappa shape index (κ1) is 17.4. The molecule has 124 valence electrons. The van der Waals surface area contributed by atoms with Gasteiger partial charge in [0.2, 0.25) is 10.0 Å². The summed E-state index contributed by atoms with van der Waals surface area (Å²) in [5.41, 5.74) is 1.26. The molecule has 0 spiro atoms. The summed E-state index contributed by atoms with van der Waals surface area (Å²) in [6.07, 6.45) is 0. The van der Waals surface area contributed by atoms with Crippen molar-refractivity contribution in [1.82, 2.24) is 9.21 Å². The molecule has 1 heterocycles. The van der Waals surface area contributed by atoms with Crippen molar-refractivity contribution in [2.24, 2.45) is 0 Å². The highest BCUT2D eigenvalue weighted by atomic mass is 32.2. The molecule has 1 aromatic carbocycles. The highest BCUT2D eigenvalue weighted by Crippen LogP contribution is 2.23. The van der Waals surface area contributed by atoms with E-state index in [1.165, 1.54) is 0 Å². The number of rotatable bonds is 3. The van der Waals surface area contributed by atoms with Gasteiger partial charge in [-0.05, 0) is 44.4 Å². The van der Waals surface area contributed by atoms with E-state index in [0.717, 1.165) is 18.7 Å². The zero-order chi connectivity index (χ0) is 16.5. The van der Waals surface area contributed by atoms with Gasteiger partial charge in [0.25, 0.3) is 0 Å². The standard InChI is InChI=1S/C17H28N2O2S/c1-14(2)15-6-8-16(9-7-15)22(20,21)19-12-10-18(11-13-19)17(3,4)5/h6-9,14H,10-13H2,1-5H3. The quantitative estimate of drug-likeness (QED) is 0.858. The Bertz CT molecular complexity index is 593. The fraction of sp³-hybridized carbons (Fsp3) is 0.647. The van der Waals surface area contributed by atoms with Crippen LogP contribution in [0, 0.1) is 0 Å². The first-order chi connectivity index (χ1) is 10.1. The second kappa shape index (κ2) is 6.30. The molecule has 0 bridgehead atoms. The maximum atomic E-state index is 12.7. The molecule has 0 unspecified atom stereocenters. The summed E-state index contributed by atoms with van der Waals surface area (Å²) in [6, 6.07) is 7.31. The van der Waals surface area contributed by atoms with Crippen molar-refractivity contribution in [2.75, 3.05) is 26.2 Å². The fourth-order valence-corrected chi connectivity index (χ4v) is 4.20. The van der Waals surface area contributed by atoms with Gasteiger partial charge in [-0.2, -0.15) is 4.31 Å². The van der Waals surface area contributed by atoms with Gasteiger partial charge in [-0.3, -0.25) is 4.90 Å². The Balaban J connectivity index is 2.12. The molecule has 2 rings (SSSR count). The smallest absolute Gasteiger partial charge is 0.243 e. The van der Waals surface area contributed by atoms with Crippen molar-refractivity contribution in [3.8, 4) is 0 Å². The molecule has 0 atom stereocenters. The van der Waals surface area contributed by atoms with E-state index < -0.39 is 10.0 Å². The molecular weight excluding hydrogens is 296 g/mol. The molecule has 1 saturated heterocycles. The molecule has 0 saturated carbocycles. The predicted octanol–water partition coefficient (Wildman–Crippen LogP) is 2.91. The van der Waals surface area contributed by atoms with E-state index in [9.17, 15) is 8.42 Å². The van der Waals surface area contributed by atoms with Crippen LogP contribution >= 0.6 is 0 Å². The van der Waals surface area contributed by atoms with E-state index >= 15 is 0 Å². The van der Waals surface area contributed by atoms with Crippen molar-refractivity contribution < 1.29 is 8.42 Å². The number of benzene rings is 1. The molecule has 0 aliphatic carbocycles. The molecule has 0 radical (unpaired) electrons. The van der Waals surface area contributed by atoms with Crippen LogP contribution in [0.15, 0.2) is 29.2 Å². The van der Waals surface area contributed by atoms with Crippen LogP contribution in [-0.2, 0) is 10.0 Å². The highest BCUT2D eigenvalue weighted by molar-refractivity contribution is 7.89. The molecule has 0 N–H and O–H groups in total. The van der Waals surface area contributed by atoms with Crippen molar-refractivity contribution >= 4 is 10.0 Å². The van der Waals surface area contributed by atoms with Gasteiger partial charge in [0.1, 0.15) is 0 Å². The number of sulfonamides is 1. The lowest BCUT2D eigenvalue weighted by Crippen LogP contribution is -2.54. The zero-order valence-corrected chi connectivity index (χ0v) is 15.2. The summed E-state index contributed by atoms with van der Waals surface area (Å²) in [6.45, 7) is 13.4. The Morgan fingerprint density at radius 1 is 0.955 bits per heavy atom. The molecule has 5 heteroatoms. The van der Waals surface area contributed by atoms with Gasteiger partial charge in [0.05, 0.1) is 4.90 Å². The van der Waals surface area contributed by atoms with Crippen LogP contribution in [0.3, 0.4) is 0 Å². The summed E-state index contributed by atoms with van der Waals surface area (Å²) in [4.78, 5) is 2.74. The van der Waals surface area contributed by atoms with E-state index in [4.69, 9.17) is 0 Å². The van der Waals surface area contributed by atoms with Crippen molar-refractivity contribution in [3.63, 3.8) is 0 Å². The minimum Gasteiger partial charge on any atom is -0.296 e. The molecule has 1 aliphatic heterocycles. The van der Waals surface area contributed by atoms with Crippen LogP contribution in [0.25, 0.3) is 0 Å². The molecule has 0 amide bonds. The van der Waals surface area contributed by atoms with Crippen molar-refractivity contribution in [2.45, 2.75) is 51.0 Å². The third-order valence-corrected chi connectivity index (χ3v) is 6.28. The summed E-state index contributed by atoms with van der Waals surface area (Å²) in [5, 5.41) is 0. The van der Waals surface area contributed by atoms with Crippen molar-refractivity contribution in [1.29, 1.82) is 0 Å². The zero-order valence-electron chi connectivity index (χ0n) is 14.3. The highest BCUT2D eigenvalue weighted by Gasteiger charge is 2.32. The van der Waals surface area contributed by atoms with E-state index in [2.05, 4.69) is 39.5 Å². The van der Waals surface area contributed by atoms with E-state index in [-0.39, 0.29) is 5.54 Å². The van der Waals surface area contributed by atoms with Gasteiger partial charge < -0.3 is 0 Å². The Hall–Kier alpha value is -0.910. The minimum atomic E-state index is -3.37. The average Bonchev–Trinajstić information content (AvgIpc) is 2.46. The van der Waals surface area contributed by atoms with Crippen molar-refractivity contribution in [3.05, 3.63) is 29.8 Å². The van der Waals surface area contributed by atoms with Crippen LogP contribution < -0.4 is 0 Å². The number of hydrogen-bond donors (Lipinski definition) is 0. The van der Waals surface area contributed by atoms with Gasteiger partial charge in [-0.1, -0.05) is 26.0 Å². The van der Waals surface area contributed by atoms with Crippen LogP contribution in [0.4, 0.5) is 0 Å². The summed E-state index contributed by atoms with van der Waals surface area (Å²) in [7, 11) is -3.37. The SMILES string of the molecule is CC(C)c1ccc(S(=O)(=O)N2CCN(C(C)(C)C)CC2)cc1. The molecule has 1 fully saturated rings. The third-order valence-electron chi connectivity index (χ3n) is 4.37. The van der Waals surface area contributed by atoms with Gasteiger partial charge in [0.15, 0.2) is 0 Å². The number of hydrogen-bond acceptors (Lipinski definition) is 3. The normalized spacial score (nSPS) is 18.8. The molecule has 1 aliphatic rings. The lowest BCUT2D eigenvalue weighted by Gasteiger charge is -2.41. The second-order valence-electron chi connectivity index (χ2n) is 7.29. The van der Waals surface area contributed by atoms with Gasteiger partial charge in [0, 0.05) is 31.7 Å². The third kappa shape index (κ3) is 3.70. The van der Waals surface area contributed by atoms with Crippen LogP contribution in [-0.4, -0.2) is 49.3 Å². The fourth-order valence-electron chi connectivity index (χ4n) is 2.77. The summed E-state index contributed by atoms with van der Waals surface area (Å²) < 4.78 is 27.1. The van der Waals surface area contributed by atoms with E-state index in [1.54, 1.807) is 16.4 Å².